The second-order valence-corrected chi connectivity index (χ2v) is 6.86. The molecule has 2 aromatic carbocycles. The number of anilines is 1. The highest BCUT2D eigenvalue weighted by molar-refractivity contribution is 5.77. The Balaban J connectivity index is 1.32. The molecule has 7 nitrogen and oxygen atoms in total. The van der Waals surface area contributed by atoms with Crippen molar-refractivity contribution in [2.75, 3.05) is 45.6 Å². The summed E-state index contributed by atoms with van der Waals surface area (Å²) in [5.41, 5.74) is 11.6. The van der Waals surface area contributed by atoms with Crippen LogP contribution in [0.5, 0.6) is 5.75 Å². The predicted molar refractivity (Wildman–Crippen MR) is 108 cm³/mol. The van der Waals surface area contributed by atoms with E-state index in [0.29, 0.717) is 6.54 Å². The molecule has 1 fully saturated rings. The molecule has 0 radical (unpaired) electrons. The van der Waals surface area contributed by atoms with Crippen LogP contribution in [0.4, 0.5) is 5.69 Å². The molecule has 7 heteroatoms. The van der Waals surface area contributed by atoms with Crippen molar-refractivity contribution >= 4 is 11.6 Å². The molecule has 1 aliphatic heterocycles. The van der Waals surface area contributed by atoms with Crippen LogP contribution in [0.3, 0.4) is 0 Å². The maximum Gasteiger partial charge on any atom is 0.250 e. The Bertz CT molecular complexity index is 741. The molecule has 1 saturated heterocycles. The molecule has 3 N–H and O–H groups in total. The fraction of sp³-hybridized carbons (Fsp3) is 0.381. The maximum absolute atomic E-state index is 12.3. The van der Waals surface area contributed by atoms with E-state index in [1.165, 1.54) is 5.56 Å². The van der Waals surface area contributed by atoms with Gasteiger partial charge < -0.3 is 15.4 Å². The number of carbonyl (C=O) groups excluding carboxylic acids is 1. The Kier molecular flexibility index (Phi) is 7.25. The van der Waals surface area contributed by atoms with E-state index in [1.54, 1.807) is 7.11 Å². The van der Waals surface area contributed by atoms with Crippen LogP contribution >= 0.6 is 0 Å². The van der Waals surface area contributed by atoms with Crippen molar-refractivity contribution in [2.24, 2.45) is 0 Å². The standard InChI is InChI=1S/C21H28N4O3/c1-27-20-8-4-17(5-9-20)14-23-28-16-21(26)25-12-10-24(11-13-25)15-18-2-6-19(22)7-3-18/h2-9,23H,10-16,22H2,1H3. The van der Waals surface area contributed by atoms with Gasteiger partial charge in [-0.2, -0.15) is 5.48 Å². The fourth-order valence-corrected chi connectivity index (χ4v) is 3.12. The lowest BCUT2D eigenvalue weighted by atomic mass is 10.2. The van der Waals surface area contributed by atoms with E-state index in [2.05, 4.69) is 22.5 Å². The topological polar surface area (TPSA) is 80.1 Å². The number of nitrogens with two attached hydrogens (primary N) is 1. The van der Waals surface area contributed by atoms with Crippen LogP contribution in [0.25, 0.3) is 0 Å². The van der Waals surface area contributed by atoms with E-state index in [-0.39, 0.29) is 12.5 Å². The number of rotatable bonds is 8. The molecule has 3 rings (SSSR count). The molecule has 150 valence electrons. The maximum atomic E-state index is 12.3. The summed E-state index contributed by atoms with van der Waals surface area (Å²) < 4.78 is 5.13. The van der Waals surface area contributed by atoms with Gasteiger partial charge in [0.1, 0.15) is 12.4 Å². The first-order valence-electron chi connectivity index (χ1n) is 9.46. The van der Waals surface area contributed by atoms with Crippen LogP contribution in [-0.4, -0.2) is 55.6 Å². The molecule has 0 aliphatic carbocycles. The van der Waals surface area contributed by atoms with Crippen molar-refractivity contribution in [2.45, 2.75) is 13.1 Å². The number of hydrogen-bond donors (Lipinski definition) is 2. The van der Waals surface area contributed by atoms with Crippen molar-refractivity contribution in [3.05, 3.63) is 59.7 Å². The minimum atomic E-state index is 0.00867. The highest BCUT2D eigenvalue weighted by atomic mass is 16.6. The van der Waals surface area contributed by atoms with E-state index >= 15 is 0 Å². The summed E-state index contributed by atoms with van der Waals surface area (Å²) in [6.07, 6.45) is 0. The number of piperazine rings is 1. The lowest BCUT2D eigenvalue weighted by Crippen LogP contribution is -2.49. The number of methoxy groups -OCH3 is 1. The molecule has 0 saturated carbocycles. The Morgan fingerprint density at radius 2 is 1.64 bits per heavy atom. The average Bonchev–Trinajstić information content (AvgIpc) is 2.73. The minimum Gasteiger partial charge on any atom is -0.497 e. The Morgan fingerprint density at radius 3 is 2.29 bits per heavy atom. The summed E-state index contributed by atoms with van der Waals surface area (Å²) in [5, 5.41) is 0. The molecule has 1 heterocycles. The van der Waals surface area contributed by atoms with Gasteiger partial charge >= 0.3 is 0 Å². The van der Waals surface area contributed by atoms with Gasteiger partial charge in [-0.1, -0.05) is 24.3 Å². The fourth-order valence-electron chi connectivity index (χ4n) is 3.12. The third kappa shape index (κ3) is 5.95. The van der Waals surface area contributed by atoms with Crippen molar-refractivity contribution in [3.63, 3.8) is 0 Å². The number of benzene rings is 2. The van der Waals surface area contributed by atoms with Gasteiger partial charge in [0.2, 0.25) is 0 Å². The van der Waals surface area contributed by atoms with Gasteiger partial charge in [0.15, 0.2) is 0 Å². The van der Waals surface area contributed by atoms with Crippen molar-refractivity contribution in [1.29, 1.82) is 0 Å². The molecule has 1 aliphatic rings. The molecule has 0 bridgehead atoms. The monoisotopic (exact) mass is 384 g/mol. The van der Waals surface area contributed by atoms with E-state index in [9.17, 15) is 4.79 Å². The van der Waals surface area contributed by atoms with Gasteiger partial charge in [-0.25, -0.2) is 0 Å². The zero-order chi connectivity index (χ0) is 19.8. The lowest BCUT2D eigenvalue weighted by molar-refractivity contribution is -0.141. The van der Waals surface area contributed by atoms with Gasteiger partial charge in [-0.3, -0.25) is 14.5 Å². The highest BCUT2D eigenvalue weighted by Gasteiger charge is 2.21. The molecule has 2 aromatic rings. The molecule has 0 unspecified atom stereocenters. The molecule has 28 heavy (non-hydrogen) atoms. The quantitative estimate of drug-likeness (QED) is 0.409. The molecular weight excluding hydrogens is 356 g/mol. The van der Waals surface area contributed by atoms with E-state index < -0.39 is 0 Å². The first kappa shape index (κ1) is 20.1. The molecular formula is C21H28N4O3. The lowest BCUT2D eigenvalue weighted by Gasteiger charge is -2.34. The smallest absolute Gasteiger partial charge is 0.250 e. The molecule has 1 amide bonds. The van der Waals surface area contributed by atoms with Gasteiger partial charge in [0.05, 0.1) is 7.11 Å². The number of carbonyl (C=O) groups is 1. The first-order valence-corrected chi connectivity index (χ1v) is 9.46. The van der Waals surface area contributed by atoms with Crippen LogP contribution in [0.1, 0.15) is 11.1 Å². The van der Waals surface area contributed by atoms with Crippen LogP contribution < -0.4 is 16.0 Å². The zero-order valence-electron chi connectivity index (χ0n) is 16.3. The first-order chi connectivity index (χ1) is 13.6. The number of hydroxylamine groups is 1. The van der Waals surface area contributed by atoms with E-state index in [0.717, 1.165) is 49.7 Å². The number of nitrogens with zero attached hydrogens (tertiary/aromatic N) is 2. The van der Waals surface area contributed by atoms with Crippen LogP contribution in [-0.2, 0) is 22.7 Å². The van der Waals surface area contributed by atoms with Crippen molar-refractivity contribution < 1.29 is 14.4 Å². The zero-order valence-corrected chi connectivity index (χ0v) is 16.3. The number of ether oxygens (including phenoxy) is 1. The Labute approximate surface area is 166 Å². The molecule has 0 spiro atoms. The SMILES string of the molecule is COc1ccc(CNOCC(=O)N2CCN(Cc3ccc(N)cc3)CC2)cc1. The molecule has 0 aromatic heterocycles. The Morgan fingerprint density at radius 1 is 1.00 bits per heavy atom. The average molecular weight is 384 g/mol. The second kappa shape index (κ2) is 10.1. The third-order valence-electron chi connectivity index (χ3n) is 4.84. The number of amides is 1. The largest absolute Gasteiger partial charge is 0.497 e. The van der Waals surface area contributed by atoms with Crippen LogP contribution in [0.2, 0.25) is 0 Å². The van der Waals surface area contributed by atoms with Gasteiger partial charge in [0, 0.05) is 45.0 Å². The predicted octanol–water partition coefficient (Wildman–Crippen LogP) is 1.64. The summed E-state index contributed by atoms with van der Waals surface area (Å²) in [7, 11) is 1.64. The number of nitrogens with one attached hydrogen (secondary N) is 1. The molecule has 0 atom stereocenters. The van der Waals surface area contributed by atoms with Gasteiger partial charge in [-0.05, 0) is 35.4 Å². The minimum absolute atomic E-state index is 0.00867. The summed E-state index contributed by atoms with van der Waals surface area (Å²) in [6.45, 7) is 4.60. The summed E-state index contributed by atoms with van der Waals surface area (Å²) in [6, 6.07) is 15.6. The summed E-state index contributed by atoms with van der Waals surface area (Å²) in [5.74, 6) is 0.824. The van der Waals surface area contributed by atoms with Crippen molar-refractivity contribution in [3.8, 4) is 5.75 Å². The van der Waals surface area contributed by atoms with Crippen LogP contribution in [0, 0.1) is 0 Å². The highest BCUT2D eigenvalue weighted by Crippen LogP contribution is 2.12. The summed E-state index contributed by atoms with van der Waals surface area (Å²) >= 11 is 0. The number of hydrogen-bond acceptors (Lipinski definition) is 6. The Hall–Kier alpha value is -2.61. The van der Waals surface area contributed by atoms with Crippen molar-refractivity contribution in [1.82, 2.24) is 15.3 Å². The summed E-state index contributed by atoms with van der Waals surface area (Å²) in [4.78, 5) is 21.9. The third-order valence-corrected chi connectivity index (χ3v) is 4.84. The van der Waals surface area contributed by atoms with E-state index in [4.69, 9.17) is 15.3 Å². The van der Waals surface area contributed by atoms with Gasteiger partial charge in [-0.15, -0.1) is 0 Å². The number of nitrogen functional groups attached to an aromatic ring is 1. The second-order valence-electron chi connectivity index (χ2n) is 6.86. The van der Waals surface area contributed by atoms with Gasteiger partial charge in [0.25, 0.3) is 5.91 Å². The van der Waals surface area contributed by atoms with Crippen LogP contribution in [0.15, 0.2) is 48.5 Å². The normalized spacial score (nSPS) is 14.8. The van der Waals surface area contributed by atoms with E-state index in [1.807, 2.05) is 41.3 Å².